The number of sulfonamides is 1. The average molecular weight is 324 g/mol. The Labute approximate surface area is 131 Å². The Morgan fingerprint density at radius 1 is 1.10 bits per heavy atom. The summed E-state index contributed by atoms with van der Waals surface area (Å²) in [6, 6.07) is 10.6. The van der Waals surface area contributed by atoms with E-state index in [0.717, 1.165) is 17.5 Å². The van der Waals surface area contributed by atoms with E-state index in [-0.39, 0.29) is 4.90 Å². The largest absolute Gasteiger partial charge is 0.279 e. The lowest BCUT2D eigenvalue weighted by Gasteiger charge is -2.16. The maximum absolute atomic E-state index is 12.6. The molecule has 0 aliphatic carbocycles. The molecule has 0 spiro atoms. The van der Waals surface area contributed by atoms with Crippen molar-refractivity contribution < 1.29 is 8.42 Å². The van der Waals surface area contributed by atoms with Gasteiger partial charge in [-0.3, -0.25) is 4.72 Å². The maximum Gasteiger partial charge on any atom is 0.262 e. The predicted molar refractivity (Wildman–Crippen MR) is 87.6 cm³/mol. The minimum Gasteiger partial charge on any atom is -0.279 e. The van der Waals surface area contributed by atoms with Gasteiger partial charge in [0.05, 0.1) is 10.6 Å². The van der Waals surface area contributed by atoms with E-state index in [1.165, 1.54) is 0 Å². The molecule has 2 aromatic rings. The van der Waals surface area contributed by atoms with Gasteiger partial charge >= 0.3 is 0 Å². The van der Waals surface area contributed by atoms with Crippen LogP contribution in [0, 0.1) is 13.8 Å². The van der Waals surface area contributed by atoms with Crippen molar-refractivity contribution in [2.24, 2.45) is 0 Å². The zero-order chi connectivity index (χ0) is 15.6. The number of hydrogen-bond donors (Lipinski definition) is 1. The Bertz CT molecular complexity index is 770. The highest BCUT2D eigenvalue weighted by atomic mass is 35.5. The predicted octanol–water partition coefficient (Wildman–Crippen LogP) is 4.32. The van der Waals surface area contributed by atoms with Crippen LogP contribution < -0.4 is 4.72 Å². The third-order valence-corrected chi connectivity index (χ3v) is 5.39. The van der Waals surface area contributed by atoms with E-state index in [9.17, 15) is 8.42 Å². The third-order valence-electron chi connectivity index (χ3n) is 3.48. The SMILES string of the molecule is CCc1cccc(C)c1NS(=O)(=O)c1cccc(Cl)c1C. The zero-order valence-corrected chi connectivity index (χ0v) is 13.8. The number of halogens is 1. The lowest BCUT2D eigenvalue weighted by atomic mass is 10.1. The number of para-hydroxylation sites is 1. The van der Waals surface area contributed by atoms with Crippen molar-refractivity contribution in [2.75, 3.05) is 4.72 Å². The topological polar surface area (TPSA) is 46.2 Å². The first-order chi connectivity index (χ1) is 9.86. The van der Waals surface area contributed by atoms with Crippen LogP contribution in [0.5, 0.6) is 0 Å². The van der Waals surface area contributed by atoms with E-state index in [1.807, 2.05) is 32.0 Å². The Morgan fingerprint density at radius 2 is 1.76 bits per heavy atom. The van der Waals surface area contributed by atoms with Crippen molar-refractivity contribution in [1.82, 2.24) is 0 Å². The molecule has 5 heteroatoms. The Hall–Kier alpha value is -1.52. The van der Waals surface area contributed by atoms with Gasteiger partial charge in [-0.1, -0.05) is 42.8 Å². The summed E-state index contributed by atoms with van der Waals surface area (Å²) in [5, 5.41) is 0.443. The lowest BCUT2D eigenvalue weighted by Crippen LogP contribution is -2.16. The molecule has 0 atom stereocenters. The van der Waals surface area contributed by atoms with Crippen molar-refractivity contribution >= 4 is 27.3 Å². The van der Waals surface area contributed by atoms with E-state index in [4.69, 9.17) is 11.6 Å². The summed E-state index contributed by atoms with van der Waals surface area (Å²) < 4.78 is 28.0. The summed E-state index contributed by atoms with van der Waals surface area (Å²) in [6.07, 6.45) is 0.758. The van der Waals surface area contributed by atoms with Crippen molar-refractivity contribution in [3.8, 4) is 0 Å². The van der Waals surface area contributed by atoms with E-state index in [0.29, 0.717) is 16.3 Å². The molecule has 2 aromatic carbocycles. The molecule has 0 unspecified atom stereocenters. The van der Waals surface area contributed by atoms with Gasteiger partial charge in [-0.2, -0.15) is 0 Å². The fourth-order valence-corrected chi connectivity index (χ4v) is 3.91. The second-order valence-electron chi connectivity index (χ2n) is 4.93. The highest BCUT2D eigenvalue weighted by Crippen LogP contribution is 2.28. The molecule has 0 saturated carbocycles. The molecule has 0 heterocycles. The number of aryl methyl sites for hydroxylation is 2. The third kappa shape index (κ3) is 3.22. The number of anilines is 1. The van der Waals surface area contributed by atoms with Crippen LogP contribution in [-0.2, 0) is 16.4 Å². The minimum absolute atomic E-state index is 0.209. The summed E-state index contributed by atoms with van der Waals surface area (Å²) >= 11 is 6.02. The first kappa shape index (κ1) is 15.9. The van der Waals surface area contributed by atoms with Gasteiger partial charge in [0.2, 0.25) is 0 Å². The highest BCUT2D eigenvalue weighted by Gasteiger charge is 2.20. The Kier molecular flexibility index (Phi) is 4.59. The van der Waals surface area contributed by atoms with E-state index < -0.39 is 10.0 Å². The van der Waals surface area contributed by atoms with Gasteiger partial charge in [0.1, 0.15) is 0 Å². The minimum atomic E-state index is -3.66. The van der Waals surface area contributed by atoms with Crippen molar-refractivity contribution in [2.45, 2.75) is 32.1 Å². The van der Waals surface area contributed by atoms with Gasteiger partial charge < -0.3 is 0 Å². The Morgan fingerprint density at radius 3 is 2.43 bits per heavy atom. The quantitative estimate of drug-likeness (QED) is 0.910. The van der Waals surface area contributed by atoms with Gasteiger partial charge in [-0.15, -0.1) is 0 Å². The molecule has 0 aliphatic rings. The summed E-state index contributed by atoms with van der Waals surface area (Å²) in [5.74, 6) is 0. The molecule has 0 saturated heterocycles. The molecular formula is C16H18ClNO2S. The first-order valence-corrected chi connectivity index (χ1v) is 8.59. The standard InChI is InChI=1S/C16H18ClNO2S/c1-4-13-8-5-7-11(2)16(13)18-21(19,20)15-10-6-9-14(17)12(15)3/h5-10,18H,4H2,1-3H3. The lowest BCUT2D eigenvalue weighted by molar-refractivity contribution is 0.600. The molecule has 0 bridgehead atoms. The van der Waals surface area contributed by atoms with Crippen LogP contribution >= 0.6 is 11.6 Å². The first-order valence-electron chi connectivity index (χ1n) is 6.73. The number of nitrogens with one attached hydrogen (secondary N) is 1. The van der Waals surface area contributed by atoms with E-state index >= 15 is 0 Å². The molecule has 112 valence electrons. The van der Waals surface area contributed by atoms with Gasteiger partial charge in [0.25, 0.3) is 10.0 Å². The molecule has 1 N–H and O–H groups in total. The van der Waals surface area contributed by atoms with Crippen LogP contribution in [0.25, 0.3) is 0 Å². The molecular weight excluding hydrogens is 306 g/mol. The van der Waals surface area contributed by atoms with Crippen molar-refractivity contribution in [1.29, 1.82) is 0 Å². The number of benzene rings is 2. The molecule has 0 fully saturated rings. The zero-order valence-electron chi connectivity index (χ0n) is 12.3. The monoisotopic (exact) mass is 323 g/mol. The molecule has 0 radical (unpaired) electrons. The Balaban J connectivity index is 2.50. The van der Waals surface area contributed by atoms with Gasteiger partial charge in [0.15, 0.2) is 0 Å². The van der Waals surface area contributed by atoms with Crippen LogP contribution in [-0.4, -0.2) is 8.42 Å². The molecule has 0 amide bonds. The fourth-order valence-electron chi connectivity index (χ4n) is 2.24. The maximum atomic E-state index is 12.6. The smallest absolute Gasteiger partial charge is 0.262 e. The average Bonchev–Trinajstić information content (AvgIpc) is 2.43. The van der Waals surface area contributed by atoms with Crippen LogP contribution in [0.2, 0.25) is 5.02 Å². The van der Waals surface area contributed by atoms with Crippen LogP contribution in [0.4, 0.5) is 5.69 Å². The summed E-state index contributed by atoms with van der Waals surface area (Å²) in [5.41, 5.74) is 3.08. The van der Waals surface area contributed by atoms with Gasteiger partial charge in [0, 0.05) is 5.02 Å². The van der Waals surface area contributed by atoms with Crippen LogP contribution in [0.3, 0.4) is 0 Å². The van der Waals surface area contributed by atoms with E-state index in [2.05, 4.69) is 4.72 Å². The second kappa shape index (κ2) is 6.08. The number of rotatable bonds is 4. The normalized spacial score (nSPS) is 11.4. The fraction of sp³-hybridized carbons (Fsp3) is 0.250. The van der Waals surface area contributed by atoms with Crippen LogP contribution in [0.15, 0.2) is 41.3 Å². The van der Waals surface area contributed by atoms with Crippen LogP contribution in [0.1, 0.15) is 23.6 Å². The van der Waals surface area contributed by atoms with E-state index in [1.54, 1.807) is 25.1 Å². The number of hydrogen-bond acceptors (Lipinski definition) is 2. The van der Waals surface area contributed by atoms with Gasteiger partial charge in [-0.25, -0.2) is 8.42 Å². The molecule has 0 aliphatic heterocycles. The summed E-state index contributed by atoms with van der Waals surface area (Å²) in [7, 11) is -3.66. The van der Waals surface area contributed by atoms with Gasteiger partial charge in [-0.05, 0) is 49.1 Å². The van der Waals surface area contributed by atoms with Crippen molar-refractivity contribution in [3.05, 3.63) is 58.1 Å². The highest BCUT2D eigenvalue weighted by molar-refractivity contribution is 7.92. The second-order valence-corrected chi connectivity index (χ2v) is 6.99. The molecule has 3 nitrogen and oxygen atoms in total. The molecule has 21 heavy (non-hydrogen) atoms. The summed E-state index contributed by atoms with van der Waals surface area (Å²) in [4.78, 5) is 0.209. The summed E-state index contributed by atoms with van der Waals surface area (Å²) in [6.45, 7) is 5.59. The molecule has 2 rings (SSSR count). The molecule has 0 aromatic heterocycles. The van der Waals surface area contributed by atoms with Crippen molar-refractivity contribution in [3.63, 3.8) is 0 Å².